The maximum atomic E-state index is 10.5. The molecule has 3 N–H and O–H groups in total. The van der Waals surface area contributed by atoms with Gasteiger partial charge in [0.05, 0.1) is 11.0 Å². The highest BCUT2D eigenvalue weighted by Crippen LogP contribution is 2.29. The Morgan fingerprint density at radius 1 is 1.44 bits per heavy atom. The average Bonchev–Trinajstić information content (AvgIpc) is 2.27. The predicted molar refractivity (Wildman–Crippen MR) is 51.3 cm³/mol. The first-order valence-electron chi connectivity index (χ1n) is 4.20. The van der Waals surface area contributed by atoms with Crippen molar-refractivity contribution in [3.05, 3.63) is 33.9 Å². The molecule has 84 valence electrons. The van der Waals surface area contributed by atoms with E-state index in [2.05, 4.69) is 0 Å². The van der Waals surface area contributed by atoms with Gasteiger partial charge in [0.25, 0.3) is 0 Å². The van der Waals surface area contributed by atoms with E-state index >= 15 is 0 Å². The molecule has 2 atom stereocenters. The second-order valence-electron chi connectivity index (χ2n) is 3.02. The Morgan fingerprint density at radius 3 is 2.56 bits per heavy atom. The number of aliphatic hydroxyl groups excluding tert-OH is 2. The summed E-state index contributed by atoms with van der Waals surface area (Å²) in [5.41, 5.74) is -0.611. The van der Waals surface area contributed by atoms with E-state index in [0.717, 1.165) is 12.1 Å². The molecule has 0 amide bonds. The minimum Gasteiger partial charge on any atom is -0.502 e. The number of aliphatic hydroxyl groups is 2. The molecule has 0 aliphatic heterocycles. The number of phenols is 1. The van der Waals surface area contributed by atoms with E-state index in [9.17, 15) is 15.2 Å². The van der Waals surface area contributed by atoms with Crippen LogP contribution in [0, 0.1) is 21.4 Å². The number of benzene rings is 1. The number of nitrogens with zero attached hydrogens (tertiary/aromatic N) is 2. The Hall–Kier alpha value is -2.17. The van der Waals surface area contributed by atoms with Gasteiger partial charge in [-0.1, -0.05) is 6.07 Å². The fourth-order valence-corrected chi connectivity index (χ4v) is 1.12. The summed E-state index contributed by atoms with van der Waals surface area (Å²) in [7, 11) is 0. The topological polar surface area (TPSA) is 128 Å². The van der Waals surface area contributed by atoms with Gasteiger partial charge in [-0.25, -0.2) is 0 Å². The highest BCUT2D eigenvalue weighted by Gasteiger charge is 2.22. The van der Waals surface area contributed by atoms with Crippen molar-refractivity contribution in [2.45, 2.75) is 12.2 Å². The lowest BCUT2D eigenvalue weighted by atomic mass is 10.0. The van der Waals surface area contributed by atoms with Crippen LogP contribution in [0.15, 0.2) is 18.2 Å². The molecule has 0 radical (unpaired) electrons. The molecule has 0 spiro atoms. The van der Waals surface area contributed by atoms with Crippen molar-refractivity contribution in [2.75, 3.05) is 0 Å². The van der Waals surface area contributed by atoms with Gasteiger partial charge in [0.1, 0.15) is 6.10 Å². The maximum Gasteiger partial charge on any atom is 0.311 e. The molecular weight excluding hydrogens is 216 g/mol. The van der Waals surface area contributed by atoms with Crippen molar-refractivity contribution in [1.29, 1.82) is 5.26 Å². The van der Waals surface area contributed by atoms with Crippen LogP contribution in [0.5, 0.6) is 5.75 Å². The van der Waals surface area contributed by atoms with Crippen LogP contribution >= 0.6 is 0 Å². The number of nitro benzene ring substituents is 1. The van der Waals surface area contributed by atoms with Crippen molar-refractivity contribution in [3.8, 4) is 11.8 Å². The zero-order valence-corrected chi connectivity index (χ0v) is 7.94. The Kier molecular flexibility index (Phi) is 3.40. The van der Waals surface area contributed by atoms with E-state index in [1.165, 1.54) is 12.1 Å². The van der Waals surface area contributed by atoms with Crippen LogP contribution in [0.1, 0.15) is 11.7 Å². The summed E-state index contributed by atoms with van der Waals surface area (Å²) in [6.07, 6.45) is -3.23. The first-order chi connectivity index (χ1) is 7.47. The first-order valence-corrected chi connectivity index (χ1v) is 4.20. The van der Waals surface area contributed by atoms with E-state index in [0.29, 0.717) is 0 Å². The standard InChI is InChI=1S/C9H8N2O5/c10-4-8(13)9(14)5-1-2-7(12)6(3-5)11(15)16/h1-3,8-9,12-14H. The molecule has 0 fully saturated rings. The third-order valence-electron chi connectivity index (χ3n) is 1.97. The number of hydrogen-bond acceptors (Lipinski definition) is 6. The molecular formula is C9H8N2O5. The average molecular weight is 224 g/mol. The van der Waals surface area contributed by atoms with E-state index in [4.69, 9.17) is 15.5 Å². The number of nitriles is 1. The molecule has 0 aliphatic carbocycles. The third kappa shape index (κ3) is 2.25. The largest absolute Gasteiger partial charge is 0.502 e. The van der Waals surface area contributed by atoms with E-state index in [1.807, 2.05) is 0 Å². The molecule has 0 saturated heterocycles. The molecule has 0 aliphatic rings. The smallest absolute Gasteiger partial charge is 0.311 e. The van der Waals surface area contributed by atoms with Gasteiger partial charge >= 0.3 is 5.69 Å². The zero-order valence-electron chi connectivity index (χ0n) is 7.94. The lowest BCUT2D eigenvalue weighted by Gasteiger charge is -2.11. The fraction of sp³-hybridized carbons (Fsp3) is 0.222. The van der Waals surface area contributed by atoms with Gasteiger partial charge in [-0.2, -0.15) is 5.26 Å². The Balaban J connectivity index is 3.13. The SMILES string of the molecule is N#CC(O)C(O)c1ccc(O)c([N+](=O)[O-])c1. The van der Waals surface area contributed by atoms with Crippen molar-refractivity contribution in [3.63, 3.8) is 0 Å². The number of nitro groups is 1. The second kappa shape index (κ2) is 4.57. The Labute approximate surface area is 90.0 Å². The summed E-state index contributed by atoms with van der Waals surface area (Å²) in [6.45, 7) is 0. The van der Waals surface area contributed by atoms with E-state index in [-0.39, 0.29) is 5.56 Å². The highest BCUT2D eigenvalue weighted by atomic mass is 16.6. The van der Waals surface area contributed by atoms with E-state index < -0.39 is 28.6 Å². The van der Waals surface area contributed by atoms with Crippen molar-refractivity contribution in [2.24, 2.45) is 0 Å². The summed E-state index contributed by atoms with van der Waals surface area (Å²) in [6, 6.07) is 4.51. The minimum atomic E-state index is -1.68. The highest BCUT2D eigenvalue weighted by molar-refractivity contribution is 5.48. The third-order valence-corrected chi connectivity index (χ3v) is 1.97. The quantitative estimate of drug-likeness (QED) is 0.382. The Bertz CT molecular complexity index is 454. The van der Waals surface area contributed by atoms with E-state index in [1.54, 1.807) is 0 Å². The molecule has 2 unspecified atom stereocenters. The number of hydrogen-bond donors (Lipinski definition) is 3. The lowest BCUT2D eigenvalue weighted by molar-refractivity contribution is -0.386. The normalized spacial score (nSPS) is 13.8. The van der Waals surface area contributed by atoms with Crippen LogP contribution in [-0.4, -0.2) is 26.3 Å². The second-order valence-corrected chi connectivity index (χ2v) is 3.02. The van der Waals surface area contributed by atoms with Gasteiger partial charge in [-0.3, -0.25) is 10.1 Å². The maximum absolute atomic E-state index is 10.5. The van der Waals surface area contributed by atoms with Gasteiger partial charge < -0.3 is 15.3 Å². The molecule has 0 bridgehead atoms. The first kappa shape index (κ1) is 11.9. The molecule has 1 aromatic carbocycles. The zero-order chi connectivity index (χ0) is 12.3. The summed E-state index contributed by atoms with van der Waals surface area (Å²) in [5, 5.41) is 46.4. The summed E-state index contributed by atoms with van der Waals surface area (Å²) < 4.78 is 0. The van der Waals surface area contributed by atoms with Crippen LogP contribution in [0.3, 0.4) is 0 Å². The number of phenolic OH excluding ortho intramolecular Hbond substituents is 1. The molecule has 7 nitrogen and oxygen atoms in total. The number of rotatable bonds is 3. The Morgan fingerprint density at radius 2 is 2.06 bits per heavy atom. The van der Waals surface area contributed by atoms with Crippen molar-refractivity contribution < 1.29 is 20.2 Å². The summed E-state index contributed by atoms with van der Waals surface area (Å²) in [4.78, 5) is 9.64. The molecule has 1 aromatic rings. The molecule has 16 heavy (non-hydrogen) atoms. The molecule has 0 saturated carbocycles. The van der Waals surface area contributed by atoms with Gasteiger partial charge in [0.15, 0.2) is 11.9 Å². The summed E-state index contributed by atoms with van der Waals surface area (Å²) in [5.74, 6) is -0.549. The van der Waals surface area contributed by atoms with Crippen LogP contribution < -0.4 is 0 Å². The van der Waals surface area contributed by atoms with Crippen molar-refractivity contribution in [1.82, 2.24) is 0 Å². The fourth-order valence-electron chi connectivity index (χ4n) is 1.12. The van der Waals surface area contributed by atoms with Gasteiger partial charge in [-0.05, 0) is 11.6 Å². The minimum absolute atomic E-state index is 0.0152. The summed E-state index contributed by atoms with van der Waals surface area (Å²) >= 11 is 0. The van der Waals surface area contributed by atoms with Gasteiger partial charge in [0.2, 0.25) is 0 Å². The number of aromatic hydroxyl groups is 1. The lowest BCUT2D eigenvalue weighted by Crippen LogP contribution is -2.15. The molecule has 0 aromatic heterocycles. The molecule has 0 heterocycles. The van der Waals surface area contributed by atoms with Crippen LogP contribution in [0.25, 0.3) is 0 Å². The van der Waals surface area contributed by atoms with Crippen LogP contribution in [0.2, 0.25) is 0 Å². The van der Waals surface area contributed by atoms with Gasteiger partial charge in [-0.15, -0.1) is 0 Å². The molecule has 1 rings (SSSR count). The monoisotopic (exact) mass is 224 g/mol. The van der Waals surface area contributed by atoms with Crippen molar-refractivity contribution >= 4 is 5.69 Å². The molecule has 7 heteroatoms. The van der Waals surface area contributed by atoms with Crippen LogP contribution in [-0.2, 0) is 0 Å². The predicted octanol–water partition coefficient (Wildman–Crippen LogP) is 0.218. The van der Waals surface area contributed by atoms with Crippen LogP contribution in [0.4, 0.5) is 5.69 Å². The van der Waals surface area contributed by atoms with Gasteiger partial charge in [0, 0.05) is 6.07 Å².